The van der Waals surface area contributed by atoms with Crippen molar-refractivity contribution in [3.05, 3.63) is 101 Å². The van der Waals surface area contributed by atoms with Crippen LogP contribution in [0.15, 0.2) is 89.5 Å². The van der Waals surface area contributed by atoms with Gasteiger partial charge in [0, 0.05) is 23.5 Å². The first kappa shape index (κ1) is 20.2. The molecule has 1 aliphatic heterocycles. The minimum absolute atomic E-state index is 0.466. The molecule has 1 aliphatic rings. The summed E-state index contributed by atoms with van der Waals surface area (Å²) < 4.78 is 1.10. The van der Waals surface area contributed by atoms with Gasteiger partial charge in [0.25, 0.3) is 0 Å². The predicted molar refractivity (Wildman–Crippen MR) is 131 cm³/mol. The van der Waals surface area contributed by atoms with Crippen LogP contribution in [0.4, 0.5) is 0 Å². The molecule has 1 atom stereocenters. The molecule has 4 heteroatoms. The minimum Gasteiger partial charge on any atom is -0.342 e. The summed E-state index contributed by atoms with van der Waals surface area (Å²) in [5, 5.41) is 0. The Kier molecular flexibility index (Phi) is 6.01. The van der Waals surface area contributed by atoms with Crippen LogP contribution in [-0.2, 0) is 6.54 Å². The summed E-state index contributed by atoms with van der Waals surface area (Å²) in [5.74, 6) is 1.58. The fourth-order valence-corrected chi connectivity index (χ4v) is 4.70. The maximum absolute atomic E-state index is 4.76. The Hall–Kier alpha value is -2.69. The fraction of sp³-hybridized carbons (Fsp3) is 0.222. The van der Waals surface area contributed by atoms with Gasteiger partial charge in [-0.05, 0) is 53.8 Å². The summed E-state index contributed by atoms with van der Waals surface area (Å²) in [6, 6.07) is 27.9. The number of nitrogens with one attached hydrogen (secondary N) is 1. The molecule has 4 aromatic rings. The largest absolute Gasteiger partial charge is 0.342 e. The van der Waals surface area contributed by atoms with Crippen molar-refractivity contribution >= 4 is 15.9 Å². The fourth-order valence-electron chi connectivity index (χ4n) is 4.44. The zero-order valence-electron chi connectivity index (χ0n) is 17.5. The van der Waals surface area contributed by atoms with Crippen LogP contribution in [0.5, 0.6) is 0 Å². The van der Waals surface area contributed by atoms with Crippen molar-refractivity contribution in [3.63, 3.8) is 0 Å². The molecule has 31 heavy (non-hydrogen) atoms. The topological polar surface area (TPSA) is 31.9 Å². The van der Waals surface area contributed by atoms with E-state index in [9.17, 15) is 0 Å². The second-order valence-electron chi connectivity index (χ2n) is 8.33. The van der Waals surface area contributed by atoms with Crippen molar-refractivity contribution in [2.75, 3.05) is 13.1 Å². The van der Waals surface area contributed by atoms with Crippen LogP contribution in [0.1, 0.15) is 30.1 Å². The normalized spacial score (nSPS) is 17.0. The average Bonchev–Trinajstić information content (AvgIpc) is 3.31. The number of nitrogens with zero attached hydrogens (tertiary/aromatic N) is 2. The number of aromatic amines is 1. The van der Waals surface area contributed by atoms with Gasteiger partial charge in [0.15, 0.2) is 0 Å². The first-order valence-corrected chi connectivity index (χ1v) is 11.7. The van der Waals surface area contributed by atoms with Gasteiger partial charge < -0.3 is 4.98 Å². The molecule has 5 rings (SSSR count). The number of piperidine rings is 1. The van der Waals surface area contributed by atoms with E-state index in [4.69, 9.17) is 4.98 Å². The van der Waals surface area contributed by atoms with Crippen molar-refractivity contribution in [3.8, 4) is 22.4 Å². The molecule has 1 saturated heterocycles. The SMILES string of the molecule is Brc1ccc(-c2ccc(-c3cnc(C4CCCN(Cc5ccccc5)C4)[nH]3)cc2)cc1. The van der Waals surface area contributed by atoms with Gasteiger partial charge in [0.2, 0.25) is 0 Å². The molecule has 3 nitrogen and oxygen atoms in total. The second-order valence-corrected chi connectivity index (χ2v) is 9.24. The Labute approximate surface area is 192 Å². The van der Waals surface area contributed by atoms with E-state index < -0.39 is 0 Å². The first-order valence-electron chi connectivity index (χ1n) is 10.9. The molecule has 1 fully saturated rings. The number of rotatable bonds is 5. The number of imidazole rings is 1. The van der Waals surface area contributed by atoms with Gasteiger partial charge in [-0.2, -0.15) is 0 Å². The van der Waals surface area contributed by atoms with E-state index in [0.29, 0.717) is 5.92 Å². The van der Waals surface area contributed by atoms with Crippen LogP contribution in [0, 0.1) is 0 Å². The van der Waals surface area contributed by atoms with Crippen molar-refractivity contribution in [1.29, 1.82) is 0 Å². The van der Waals surface area contributed by atoms with E-state index in [-0.39, 0.29) is 0 Å². The lowest BCUT2D eigenvalue weighted by Gasteiger charge is -2.31. The molecule has 0 spiro atoms. The third-order valence-corrected chi connectivity index (χ3v) is 6.64. The van der Waals surface area contributed by atoms with Crippen LogP contribution >= 0.6 is 15.9 Å². The number of aromatic nitrogens is 2. The molecule has 0 amide bonds. The molecule has 1 aromatic heterocycles. The van der Waals surface area contributed by atoms with Crippen LogP contribution in [0.3, 0.4) is 0 Å². The summed E-state index contributed by atoms with van der Waals surface area (Å²) in [4.78, 5) is 10.9. The third kappa shape index (κ3) is 4.81. The van der Waals surface area contributed by atoms with Crippen LogP contribution in [0.2, 0.25) is 0 Å². The number of benzene rings is 3. The van der Waals surface area contributed by atoms with E-state index in [0.717, 1.165) is 35.6 Å². The van der Waals surface area contributed by atoms with Gasteiger partial charge >= 0.3 is 0 Å². The van der Waals surface area contributed by atoms with Crippen LogP contribution in [-0.4, -0.2) is 28.0 Å². The van der Waals surface area contributed by atoms with E-state index >= 15 is 0 Å². The third-order valence-electron chi connectivity index (χ3n) is 6.11. The standard InChI is InChI=1S/C27H26BrN3/c28-25-14-12-22(13-15-25)21-8-10-23(11-9-21)26-17-29-27(30-26)24-7-4-16-31(19-24)18-20-5-2-1-3-6-20/h1-3,5-6,8-15,17,24H,4,7,16,18-19H2,(H,29,30). The highest BCUT2D eigenvalue weighted by Gasteiger charge is 2.23. The number of H-pyrrole nitrogens is 1. The van der Waals surface area contributed by atoms with Gasteiger partial charge in [-0.15, -0.1) is 0 Å². The van der Waals surface area contributed by atoms with Crippen molar-refractivity contribution in [2.45, 2.75) is 25.3 Å². The van der Waals surface area contributed by atoms with Gasteiger partial charge in [-0.3, -0.25) is 4.90 Å². The van der Waals surface area contributed by atoms with Gasteiger partial charge in [0.05, 0.1) is 11.9 Å². The summed E-state index contributed by atoms with van der Waals surface area (Å²) in [5.41, 5.74) is 6.10. The van der Waals surface area contributed by atoms with E-state index in [1.807, 2.05) is 6.20 Å². The number of halogens is 1. The zero-order chi connectivity index (χ0) is 21.0. The lowest BCUT2D eigenvalue weighted by Crippen LogP contribution is -2.34. The Morgan fingerprint density at radius 2 is 1.55 bits per heavy atom. The monoisotopic (exact) mass is 471 g/mol. The zero-order valence-corrected chi connectivity index (χ0v) is 19.1. The number of likely N-dealkylation sites (tertiary alicyclic amines) is 1. The molecule has 2 heterocycles. The molecule has 1 unspecified atom stereocenters. The highest BCUT2D eigenvalue weighted by molar-refractivity contribution is 9.10. The van der Waals surface area contributed by atoms with Gasteiger partial charge in [-0.1, -0.05) is 82.7 Å². The van der Waals surface area contributed by atoms with Crippen LogP contribution < -0.4 is 0 Å². The second kappa shape index (κ2) is 9.21. The molecular formula is C27H26BrN3. The summed E-state index contributed by atoms with van der Waals surface area (Å²) in [6.45, 7) is 3.24. The maximum Gasteiger partial charge on any atom is 0.110 e. The average molecular weight is 472 g/mol. The van der Waals surface area contributed by atoms with Crippen LogP contribution in [0.25, 0.3) is 22.4 Å². The molecule has 0 bridgehead atoms. The molecule has 0 aliphatic carbocycles. The predicted octanol–water partition coefficient (Wildman–Crippen LogP) is 6.89. The summed E-state index contributed by atoms with van der Waals surface area (Å²) in [7, 11) is 0. The first-order chi connectivity index (χ1) is 15.2. The van der Waals surface area contributed by atoms with Crippen molar-refractivity contribution in [1.82, 2.24) is 14.9 Å². The Balaban J connectivity index is 1.27. The maximum atomic E-state index is 4.76. The smallest absolute Gasteiger partial charge is 0.110 e. The highest BCUT2D eigenvalue weighted by Crippen LogP contribution is 2.29. The Bertz CT molecular complexity index is 1120. The van der Waals surface area contributed by atoms with Gasteiger partial charge in [-0.25, -0.2) is 4.98 Å². The summed E-state index contributed by atoms with van der Waals surface area (Å²) >= 11 is 3.50. The number of hydrogen-bond acceptors (Lipinski definition) is 2. The Morgan fingerprint density at radius 3 is 2.29 bits per heavy atom. The summed E-state index contributed by atoms with van der Waals surface area (Å²) in [6.07, 6.45) is 4.40. The van der Waals surface area contributed by atoms with Crippen molar-refractivity contribution < 1.29 is 0 Å². The molecule has 156 valence electrons. The molecular weight excluding hydrogens is 446 g/mol. The Morgan fingerprint density at radius 1 is 0.871 bits per heavy atom. The lowest BCUT2D eigenvalue weighted by molar-refractivity contribution is 0.197. The minimum atomic E-state index is 0.466. The highest BCUT2D eigenvalue weighted by atomic mass is 79.9. The van der Waals surface area contributed by atoms with Crippen molar-refractivity contribution in [2.24, 2.45) is 0 Å². The molecule has 0 radical (unpaired) electrons. The molecule has 1 N–H and O–H groups in total. The lowest BCUT2D eigenvalue weighted by atomic mass is 9.97. The number of hydrogen-bond donors (Lipinski definition) is 1. The van der Waals surface area contributed by atoms with E-state index in [1.165, 1.54) is 35.1 Å². The quantitative estimate of drug-likeness (QED) is 0.343. The molecule has 3 aromatic carbocycles. The van der Waals surface area contributed by atoms with Gasteiger partial charge in [0.1, 0.15) is 5.82 Å². The van der Waals surface area contributed by atoms with E-state index in [1.54, 1.807) is 0 Å². The van der Waals surface area contributed by atoms with E-state index in [2.05, 4.69) is 105 Å². The molecule has 0 saturated carbocycles.